The molecule has 0 saturated carbocycles. The van der Waals surface area contributed by atoms with Gasteiger partial charge in [-0.25, -0.2) is 23.5 Å². The van der Waals surface area contributed by atoms with Gasteiger partial charge in [0, 0.05) is 35.6 Å². The number of hydrogen-bond acceptors (Lipinski definition) is 6. The molecule has 1 aliphatic rings. The molecule has 5 rings (SSSR count). The summed E-state index contributed by atoms with van der Waals surface area (Å²) >= 11 is 0. The Labute approximate surface area is 181 Å². The summed E-state index contributed by atoms with van der Waals surface area (Å²) in [5, 5.41) is 0.785. The van der Waals surface area contributed by atoms with Crippen LogP contribution in [-0.4, -0.2) is 21.7 Å². The van der Waals surface area contributed by atoms with Gasteiger partial charge in [0.1, 0.15) is 29.4 Å². The summed E-state index contributed by atoms with van der Waals surface area (Å²) < 4.78 is 44.5. The number of ether oxygens (including phenoxy) is 2. The number of nitrogens with zero attached hydrogens (tertiary/aromatic N) is 2. The first kappa shape index (κ1) is 20.1. The molecular formula is C24H18F2N2O4. The van der Waals surface area contributed by atoms with Crippen LogP contribution in [0.1, 0.15) is 19.4 Å². The van der Waals surface area contributed by atoms with Gasteiger partial charge in [-0.15, -0.1) is 0 Å². The van der Waals surface area contributed by atoms with Crippen molar-refractivity contribution in [2.24, 2.45) is 0 Å². The summed E-state index contributed by atoms with van der Waals surface area (Å²) in [6.07, 6.45) is 1.45. The van der Waals surface area contributed by atoms with E-state index in [0.29, 0.717) is 29.0 Å². The van der Waals surface area contributed by atoms with Gasteiger partial charge in [-0.05, 0) is 49.7 Å². The van der Waals surface area contributed by atoms with E-state index in [-0.39, 0.29) is 5.88 Å². The van der Waals surface area contributed by atoms with Crippen LogP contribution in [0.15, 0.2) is 64.1 Å². The standard InChI is InChI=1S/C24H18F2N2O4/c1-24(2)21(9-15-7-14-4-6-23(29)30-19(14)11-20(15)32-24)31-22-10-18(27-12-28-22)13-3-5-16(25)17(26)8-13/h3-8,10-12,21H,9H2,1-2H3/t21-/m0/s1. The van der Waals surface area contributed by atoms with E-state index in [1.165, 1.54) is 18.5 Å². The van der Waals surface area contributed by atoms with E-state index in [2.05, 4.69) is 9.97 Å². The molecule has 3 heterocycles. The minimum Gasteiger partial charge on any atom is -0.484 e. The third kappa shape index (κ3) is 3.68. The number of rotatable bonds is 3. The van der Waals surface area contributed by atoms with Crippen LogP contribution in [0, 0.1) is 11.6 Å². The van der Waals surface area contributed by atoms with Crippen LogP contribution in [0.5, 0.6) is 11.6 Å². The lowest BCUT2D eigenvalue weighted by Crippen LogP contribution is -2.49. The molecule has 0 amide bonds. The lowest BCUT2D eigenvalue weighted by Gasteiger charge is -2.39. The zero-order valence-electron chi connectivity index (χ0n) is 17.3. The Balaban J connectivity index is 1.45. The summed E-state index contributed by atoms with van der Waals surface area (Å²) in [4.78, 5) is 19.8. The minimum atomic E-state index is -0.954. The average Bonchev–Trinajstić information content (AvgIpc) is 2.75. The van der Waals surface area contributed by atoms with Crippen molar-refractivity contribution in [1.29, 1.82) is 0 Å². The molecule has 1 atom stereocenters. The molecule has 4 aromatic rings. The Kier molecular flexibility index (Phi) is 4.65. The van der Waals surface area contributed by atoms with E-state index in [1.807, 2.05) is 19.9 Å². The molecule has 0 unspecified atom stereocenters. The van der Waals surface area contributed by atoms with Crippen molar-refractivity contribution < 1.29 is 22.7 Å². The predicted molar refractivity (Wildman–Crippen MR) is 113 cm³/mol. The predicted octanol–water partition coefficient (Wildman–Crippen LogP) is 4.69. The third-order valence-corrected chi connectivity index (χ3v) is 5.48. The first-order valence-corrected chi connectivity index (χ1v) is 9.98. The molecule has 32 heavy (non-hydrogen) atoms. The molecule has 0 bridgehead atoms. The van der Waals surface area contributed by atoms with Crippen molar-refractivity contribution >= 4 is 11.0 Å². The highest BCUT2D eigenvalue weighted by atomic mass is 19.2. The van der Waals surface area contributed by atoms with Gasteiger partial charge in [-0.2, -0.15) is 0 Å². The molecule has 2 aromatic carbocycles. The fourth-order valence-electron chi connectivity index (χ4n) is 3.74. The number of hydrogen-bond donors (Lipinski definition) is 0. The average molecular weight is 436 g/mol. The molecule has 6 nitrogen and oxygen atoms in total. The Bertz CT molecular complexity index is 1400. The normalized spacial score (nSPS) is 16.9. The van der Waals surface area contributed by atoms with Crippen molar-refractivity contribution in [2.45, 2.75) is 32.0 Å². The van der Waals surface area contributed by atoms with Crippen molar-refractivity contribution in [3.05, 3.63) is 82.5 Å². The van der Waals surface area contributed by atoms with Crippen LogP contribution in [0.25, 0.3) is 22.2 Å². The topological polar surface area (TPSA) is 74.5 Å². The molecule has 0 spiro atoms. The Morgan fingerprint density at radius 2 is 1.88 bits per heavy atom. The molecule has 2 aromatic heterocycles. The second-order valence-corrected chi connectivity index (χ2v) is 8.14. The summed E-state index contributed by atoms with van der Waals surface area (Å²) in [5.74, 6) is -0.964. The first-order chi connectivity index (χ1) is 15.3. The maximum absolute atomic E-state index is 13.6. The maximum atomic E-state index is 13.6. The number of aromatic nitrogens is 2. The van der Waals surface area contributed by atoms with Crippen molar-refractivity contribution in [1.82, 2.24) is 9.97 Å². The van der Waals surface area contributed by atoms with Crippen molar-refractivity contribution in [2.75, 3.05) is 0 Å². The molecule has 162 valence electrons. The van der Waals surface area contributed by atoms with Crippen LogP contribution < -0.4 is 15.1 Å². The lowest BCUT2D eigenvalue weighted by molar-refractivity contribution is -0.0287. The zero-order valence-corrected chi connectivity index (χ0v) is 17.3. The van der Waals surface area contributed by atoms with Gasteiger partial charge in [0.2, 0.25) is 5.88 Å². The van der Waals surface area contributed by atoms with E-state index < -0.39 is 29.0 Å². The molecule has 0 N–H and O–H groups in total. The van der Waals surface area contributed by atoms with Gasteiger partial charge < -0.3 is 13.9 Å². The van der Waals surface area contributed by atoms with Gasteiger partial charge in [-0.1, -0.05) is 0 Å². The number of benzene rings is 2. The van der Waals surface area contributed by atoms with Crippen LogP contribution in [0.4, 0.5) is 8.78 Å². The second kappa shape index (κ2) is 7.40. The number of fused-ring (bicyclic) bond motifs is 2. The molecule has 0 aliphatic carbocycles. The van der Waals surface area contributed by atoms with E-state index in [4.69, 9.17) is 13.9 Å². The van der Waals surface area contributed by atoms with Gasteiger partial charge >= 0.3 is 5.63 Å². The third-order valence-electron chi connectivity index (χ3n) is 5.48. The van der Waals surface area contributed by atoms with Crippen LogP contribution in [0.2, 0.25) is 0 Å². The molecule has 8 heteroatoms. The minimum absolute atomic E-state index is 0.289. The molecule has 0 radical (unpaired) electrons. The van der Waals surface area contributed by atoms with Crippen LogP contribution in [-0.2, 0) is 6.42 Å². The van der Waals surface area contributed by atoms with Gasteiger partial charge in [0.05, 0.1) is 5.69 Å². The molecule has 1 aliphatic heterocycles. The molecule has 0 saturated heterocycles. The van der Waals surface area contributed by atoms with Crippen molar-refractivity contribution in [3.8, 4) is 22.9 Å². The SMILES string of the molecule is CC1(C)Oc2cc3oc(=O)ccc3cc2C[C@@H]1Oc1cc(-c2ccc(F)c(F)c2)ncn1. The highest BCUT2D eigenvalue weighted by Gasteiger charge is 2.39. The maximum Gasteiger partial charge on any atom is 0.336 e. The van der Waals surface area contributed by atoms with E-state index in [9.17, 15) is 13.6 Å². The highest BCUT2D eigenvalue weighted by Crippen LogP contribution is 2.37. The summed E-state index contributed by atoms with van der Waals surface area (Å²) in [6, 6.07) is 11.9. The lowest BCUT2D eigenvalue weighted by atomic mass is 9.90. The smallest absolute Gasteiger partial charge is 0.336 e. The fourth-order valence-corrected chi connectivity index (χ4v) is 3.74. The van der Waals surface area contributed by atoms with Gasteiger partial charge in [0.15, 0.2) is 11.6 Å². The first-order valence-electron chi connectivity index (χ1n) is 9.98. The zero-order chi connectivity index (χ0) is 22.5. The van der Waals surface area contributed by atoms with E-state index in [1.54, 1.807) is 18.2 Å². The summed E-state index contributed by atoms with van der Waals surface area (Å²) in [5.41, 5.74) is 1.04. The van der Waals surface area contributed by atoms with Crippen LogP contribution in [0.3, 0.4) is 0 Å². The van der Waals surface area contributed by atoms with E-state index >= 15 is 0 Å². The molecule has 0 fully saturated rings. The summed E-state index contributed by atoms with van der Waals surface area (Å²) in [7, 11) is 0. The Hall–Kier alpha value is -3.81. The van der Waals surface area contributed by atoms with Crippen LogP contribution >= 0.6 is 0 Å². The summed E-state index contributed by atoms with van der Waals surface area (Å²) in [6.45, 7) is 3.78. The van der Waals surface area contributed by atoms with Gasteiger partial charge in [-0.3, -0.25) is 0 Å². The van der Waals surface area contributed by atoms with Gasteiger partial charge in [0.25, 0.3) is 0 Å². The largest absolute Gasteiger partial charge is 0.484 e. The highest BCUT2D eigenvalue weighted by molar-refractivity contribution is 5.79. The van der Waals surface area contributed by atoms with E-state index in [0.717, 1.165) is 23.1 Å². The fraction of sp³-hybridized carbons (Fsp3) is 0.208. The quantitative estimate of drug-likeness (QED) is 0.434. The number of halogens is 2. The second-order valence-electron chi connectivity index (χ2n) is 8.14. The Morgan fingerprint density at radius 1 is 1.03 bits per heavy atom. The monoisotopic (exact) mass is 436 g/mol. The Morgan fingerprint density at radius 3 is 2.69 bits per heavy atom. The van der Waals surface area contributed by atoms with Crippen molar-refractivity contribution in [3.63, 3.8) is 0 Å². The molecular weight excluding hydrogens is 418 g/mol.